The molecule has 7 rings (SSSR count). The fourth-order valence-electron chi connectivity index (χ4n) is 6.04. The molecular formula is C44H30O2. The fraction of sp³-hybridized carbons (Fsp3) is 0.0455. The van der Waals surface area contributed by atoms with Gasteiger partial charge in [0, 0.05) is 33.4 Å². The minimum absolute atomic E-state index is 0.700. The van der Waals surface area contributed by atoms with Gasteiger partial charge in [0.25, 0.3) is 0 Å². The van der Waals surface area contributed by atoms with E-state index in [1.54, 1.807) is 0 Å². The van der Waals surface area contributed by atoms with Gasteiger partial charge in [0.05, 0.1) is 0 Å². The molecule has 0 bridgehead atoms. The van der Waals surface area contributed by atoms with Gasteiger partial charge in [0.1, 0.15) is 0 Å². The molecule has 0 saturated heterocycles. The molecule has 2 heteroatoms. The molecule has 0 aliphatic heterocycles. The van der Waals surface area contributed by atoms with E-state index in [0.29, 0.717) is 22.3 Å². The minimum Gasteiger partial charge on any atom is -0.369 e. The summed E-state index contributed by atoms with van der Waals surface area (Å²) in [7, 11) is 0. The zero-order valence-electron chi connectivity index (χ0n) is 25.1. The summed E-state index contributed by atoms with van der Waals surface area (Å²) in [4.78, 5) is 0. The Morgan fingerprint density at radius 3 is 0.761 bits per heavy atom. The van der Waals surface area contributed by atoms with Gasteiger partial charge in [0.2, 0.25) is 0 Å². The standard InChI is InChI=1S/C44H30O2/c45-43(33-17-5-1-6-18-33,34-19-7-2-8-20-34)31-29-41-37-25-13-15-27-39(37)42(40-28-16-14-26-38(40)41)30-32-44(46,35-21-9-3-10-22-35)36-23-11-4-12-24-36/h1-28,45-46H. The maximum atomic E-state index is 12.2. The molecule has 0 unspecified atom stereocenters. The first-order chi connectivity index (χ1) is 22.6. The Labute approximate surface area is 269 Å². The molecule has 0 aromatic heterocycles. The Hall–Kier alpha value is -5.90. The van der Waals surface area contributed by atoms with E-state index in [0.717, 1.165) is 32.7 Å². The van der Waals surface area contributed by atoms with Gasteiger partial charge in [-0.15, -0.1) is 0 Å². The Morgan fingerprint density at radius 2 is 0.522 bits per heavy atom. The first-order valence-electron chi connectivity index (χ1n) is 15.2. The smallest absolute Gasteiger partial charge is 0.177 e. The molecule has 0 spiro atoms. The van der Waals surface area contributed by atoms with Gasteiger partial charge in [0.15, 0.2) is 11.2 Å². The normalized spacial score (nSPS) is 11.3. The summed E-state index contributed by atoms with van der Waals surface area (Å²) < 4.78 is 0. The third-order valence-electron chi connectivity index (χ3n) is 8.43. The molecule has 0 saturated carbocycles. The maximum Gasteiger partial charge on any atom is 0.177 e. The first kappa shape index (κ1) is 28.8. The lowest BCUT2D eigenvalue weighted by molar-refractivity contribution is 0.145. The summed E-state index contributed by atoms with van der Waals surface area (Å²) in [5.74, 6) is 13.4. The van der Waals surface area contributed by atoms with Crippen molar-refractivity contribution in [2.45, 2.75) is 11.2 Å². The van der Waals surface area contributed by atoms with E-state index in [1.165, 1.54) is 0 Å². The highest BCUT2D eigenvalue weighted by Gasteiger charge is 2.30. The van der Waals surface area contributed by atoms with E-state index in [4.69, 9.17) is 0 Å². The third-order valence-corrected chi connectivity index (χ3v) is 8.43. The monoisotopic (exact) mass is 590 g/mol. The predicted octanol–water partition coefficient (Wildman–Crippen LogP) is 8.57. The number of aliphatic hydroxyl groups is 2. The summed E-state index contributed by atoms with van der Waals surface area (Å²) in [6.45, 7) is 0. The Kier molecular flexibility index (Phi) is 7.67. The lowest BCUT2D eigenvalue weighted by Gasteiger charge is -2.24. The van der Waals surface area contributed by atoms with Gasteiger partial charge in [-0.2, -0.15) is 0 Å². The number of hydrogen-bond donors (Lipinski definition) is 2. The van der Waals surface area contributed by atoms with Crippen molar-refractivity contribution in [3.63, 3.8) is 0 Å². The highest BCUT2D eigenvalue weighted by molar-refractivity contribution is 6.09. The van der Waals surface area contributed by atoms with E-state index < -0.39 is 11.2 Å². The molecule has 0 atom stereocenters. The van der Waals surface area contributed by atoms with Gasteiger partial charge in [-0.1, -0.05) is 194 Å². The van der Waals surface area contributed by atoms with Crippen LogP contribution in [-0.2, 0) is 11.2 Å². The van der Waals surface area contributed by atoms with E-state index in [2.05, 4.69) is 23.7 Å². The molecule has 218 valence electrons. The van der Waals surface area contributed by atoms with Crippen molar-refractivity contribution in [2.24, 2.45) is 0 Å². The van der Waals surface area contributed by atoms with Crippen molar-refractivity contribution in [1.82, 2.24) is 0 Å². The Bertz CT molecular complexity index is 1970. The maximum absolute atomic E-state index is 12.2. The SMILES string of the molecule is OC(C#Cc1c2ccccc2c(C#CC(O)(c2ccccc2)c2ccccc2)c2ccccc12)(c1ccccc1)c1ccccc1. The summed E-state index contributed by atoms with van der Waals surface area (Å²) in [5.41, 5.74) is 1.37. The van der Waals surface area contributed by atoms with E-state index in [1.807, 2.05) is 170 Å². The van der Waals surface area contributed by atoms with Crippen LogP contribution in [0, 0.1) is 23.7 Å². The first-order valence-corrected chi connectivity index (χ1v) is 15.2. The highest BCUT2D eigenvalue weighted by Crippen LogP contribution is 2.35. The summed E-state index contributed by atoms with van der Waals surface area (Å²) in [6.07, 6.45) is 0. The van der Waals surface area contributed by atoms with Gasteiger partial charge in [-0.25, -0.2) is 0 Å². The van der Waals surface area contributed by atoms with Crippen molar-refractivity contribution in [1.29, 1.82) is 0 Å². The molecule has 46 heavy (non-hydrogen) atoms. The van der Waals surface area contributed by atoms with E-state index in [9.17, 15) is 10.2 Å². The van der Waals surface area contributed by atoms with Gasteiger partial charge < -0.3 is 10.2 Å². The second kappa shape index (κ2) is 12.2. The number of hydrogen-bond acceptors (Lipinski definition) is 2. The van der Waals surface area contributed by atoms with Crippen molar-refractivity contribution < 1.29 is 10.2 Å². The molecule has 7 aromatic carbocycles. The third kappa shape index (κ3) is 5.23. The molecule has 7 aromatic rings. The number of rotatable bonds is 4. The van der Waals surface area contributed by atoms with E-state index >= 15 is 0 Å². The van der Waals surface area contributed by atoms with Crippen molar-refractivity contribution in [3.05, 3.63) is 203 Å². The van der Waals surface area contributed by atoms with Crippen molar-refractivity contribution in [3.8, 4) is 23.7 Å². The van der Waals surface area contributed by atoms with Crippen LogP contribution < -0.4 is 0 Å². The number of benzene rings is 7. The average molecular weight is 591 g/mol. The van der Waals surface area contributed by atoms with Crippen LogP contribution in [0.4, 0.5) is 0 Å². The van der Waals surface area contributed by atoms with Crippen LogP contribution in [0.2, 0.25) is 0 Å². The Morgan fingerprint density at radius 1 is 0.304 bits per heavy atom. The second-order valence-electron chi connectivity index (χ2n) is 11.2. The summed E-state index contributed by atoms with van der Waals surface area (Å²) in [5, 5.41) is 28.0. The zero-order valence-corrected chi connectivity index (χ0v) is 25.1. The van der Waals surface area contributed by atoms with Gasteiger partial charge in [-0.05, 0) is 21.5 Å². The predicted molar refractivity (Wildman–Crippen MR) is 187 cm³/mol. The van der Waals surface area contributed by atoms with Crippen LogP contribution in [0.15, 0.2) is 170 Å². The largest absolute Gasteiger partial charge is 0.369 e. The summed E-state index contributed by atoms with van der Waals surface area (Å²) in [6, 6.07) is 54.4. The quantitative estimate of drug-likeness (QED) is 0.159. The lowest BCUT2D eigenvalue weighted by Crippen LogP contribution is -2.25. The molecule has 0 heterocycles. The van der Waals surface area contributed by atoms with Crippen molar-refractivity contribution in [2.75, 3.05) is 0 Å². The zero-order chi connectivity index (χ0) is 31.4. The van der Waals surface area contributed by atoms with Gasteiger partial charge in [-0.3, -0.25) is 0 Å². The van der Waals surface area contributed by atoms with E-state index in [-0.39, 0.29) is 0 Å². The highest BCUT2D eigenvalue weighted by atomic mass is 16.3. The van der Waals surface area contributed by atoms with Crippen molar-refractivity contribution >= 4 is 21.5 Å². The van der Waals surface area contributed by atoms with Crippen LogP contribution in [-0.4, -0.2) is 10.2 Å². The molecule has 2 N–H and O–H groups in total. The van der Waals surface area contributed by atoms with Crippen LogP contribution in [0.25, 0.3) is 21.5 Å². The minimum atomic E-state index is -1.52. The van der Waals surface area contributed by atoms with Crippen LogP contribution in [0.1, 0.15) is 33.4 Å². The average Bonchev–Trinajstić information content (AvgIpc) is 3.14. The van der Waals surface area contributed by atoms with Crippen LogP contribution in [0.5, 0.6) is 0 Å². The molecule has 0 amide bonds. The lowest BCUT2D eigenvalue weighted by atomic mass is 9.85. The molecule has 0 aliphatic carbocycles. The molecule has 2 nitrogen and oxygen atoms in total. The molecule has 0 radical (unpaired) electrons. The van der Waals surface area contributed by atoms with Crippen LogP contribution in [0.3, 0.4) is 0 Å². The van der Waals surface area contributed by atoms with Gasteiger partial charge >= 0.3 is 0 Å². The summed E-state index contributed by atoms with van der Waals surface area (Å²) >= 11 is 0. The molecule has 0 fully saturated rings. The molecular weight excluding hydrogens is 560 g/mol. The fourth-order valence-corrected chi connectivity index (χ4v) is 6.04. The second-order valence-corrected chi connectivity index (χ2v) is 11.2. The van der Waals surface area contributed by atoms with Crippen LogP contribution >= 0.6 is 0 Å². The Balaban J connectivity index is 1.47. The topological polar surface area (TPSA) is 40.5 Å². The number of fused-ring (bicyclic) bond motifs is 2. The molecule has 0 aliphatic rings.